The van der Waals surface area contributed by atoms with E-state index in [2.05, 4.69) is 15.1 Å². The van der Waals surface area contributed by atoms with Crippen LogP contribution in [0.4, 0.5) is 0 Å². The molecule has 5 rings (SSSR count). The van der Waals surface area contributed by atoms with E-state index in [1.54, 1.807) is 10.7 Å². The van der Waals surface area contributed by atoms with Gasteiger partial charge in [0.05, 0.1) is 17.1 Å². The molecule has 0 radical (unpaired) electrons. The summed E-state index contributed by atoms with van der Waals surface area (Å²) in [7, 11) is 0. The maximum absolute atomic E-state index is 13.2. The first kappa shape index (κ1) is 19.4. The lowest BCUT2D eigenvalue weighted by Crippen LogP contribution is -2.20. The lowest BCUT2D eigenvalue weighted by atomic mass is 9.97. The molecular weight excluding hydrogens is 410 g/mol. The molecule has 3 heterocycles. The number of ketones is 1. The Balaban J connectivity index is 1.54. The Kier molecular flexibility index (Phi) is 4.75. The summed E-state index contributed by atoms with van der Waals surface area (Å²) in [6.07, 6.45) is 3.98. The SMILES string of the molecule is Cc1cc(C(=O)C(C#N)c2nc3sc4c(c3c(=O)[nH]2)CCCC4)nn1-c1ccccc1. The summed E-state index contributed by atoms with van der Waals surface area (Å²) >= 11 is 1.50. The summed E-state index contributed by atoms with van der Waals surface area (Å²) in [5.41, 5.74) is 2.56. The Bertz CT molecular complexity index is 1410. The molecule has 3 aromatic heterocycles. The zero-order chi connectivity index (χ0) is 21.5. The van der Waals surface area contributed by atoms with Gasteiger partial charge < -0.3 is 4.98 Å². The van der Waals surface area contributed by atoms with Crippen LogP contribution in [0, 0.1) is 18.3 Å². The Morgan fingerprint density at radius 3 is 2.81 bits per heavy atom. The Morgan fingerprint density at radius 2 is 2.03 bits per heavy atom. The van der Waals surface area contributed by atoms with Gasteiger partial charge in [0.1, 0.15) is 16.3 Å². The van der Waals surface area contributed by atoms with E-state index >= 15 is 0 Å². The van der Waals surface area contributed by atoms with Crippen molar-refractivity contribution in [3.8, 4) is 11.8 Å². The third-order valence-electron chi connectivity index (χ3n) is 5.65. The van der Waals surface area contributed by atoms with Crippen LogP contribution >= 0.6 is 11.3 Å². The fourth-order valence-corrected chi connectivity index (χ4v) is 5.40. The van der Waals surface area contributed by atoms with Crippen LogP contribution in [-0.4, -0.2) is 25.5 Å². The zero-order valence-electron chi connectivity index (χ0n) is 16.9. The first-order chi connectivity index (χ1) is 15.1. The van der Waals surface area contributed by atoms with Gasteiger partial charge in [-0.2, -0.15) is 10.4 Å². The highest BCUT2D eigenvalue weighted by atomic mass is 32.1. The monoisotopic (exact) mass is 429 g/mol. The molecule has 0 aliphatic heterocycles. The number of thiophene rings is 1. The van der Waals surface area contributed by atoms with Crippen molar-refractivity contribution in [3.63, 3.8) is 0 Å². The molecule has 1 aliphatic carbocycles. The second kappa shape index (κ2) is 7.60. The third-order valence-corrected chi connectivity index (χ3v) is 6.83. The first-order valence-electron chi connectivity index (χ1n) is 10.2. The molecule has 7 nitrogen and oxygen atoms in total. The van der Waals surface area contributed by atoms with Gasteiger partial charge in [0.15, 0.2) is 5.92 Å². The number of benzene rings is 1. The van der Waals surface area contributed by atoms with E-state index in [1.165, 1.54) is 16.2 Å². The second-order valence-electron chi connectivity index (χ2n) is 7.69. The number of aromatic nitrogens is 4. The predicted octanol–water partition coefficient (Wildman–Crippen LogP) is 3.85. The molecule has 31 heavy (non-hydrogen) atoms. The smallest absolute Gasteiger partial charge is 0.259 e. The highest BCUT2D eigenvalue weighted by Gasteiger charge is 2.29. The fraction of sp³-hybridized carbons (Fsp3) is 0.261. The van der Waals surface area contributed by atoms with Gasteiger partial charge in [-0.3, -0.25) is 9.59 Å². The number of carbonyl (C=O) groups excluding carboxylic acids is 1. The van der Waals surface area contributed by atoms with Gasteiger partial charge in [0, 0.05) is 10.6 Å². The van der Waals surface area contributed by atoms with Crippen LogP contribution in [0.1, 0.15) is 51.2 Å². The fourth-order valence-electron chi connectivity index (χ4n) is 4.13. The van der Waals surface area contributed by atoms with Crippen LogP contribution in [0.25, 0.3) is 15.9 Å². The van der Waals surface area contributed by atoms with E-state index in [9.17, 15) is 14.9 Å². The molecule has 8 heteroatoms. The van der Waals surface area contributed by atoms with Gasteiger partial charge in [0.2, 0.25) is 5.78 Å². The predicted molar refractivity (Wildman–Crippen MR) is 118 cm³/mol. The van der Waals surface area contributed by atoms with Crippen molar-refractivity contribution < 1.29 is 4.79 Å². The highest BCUT2D eigenvalue weighted by Crippen LogP contribution is 2.34. The molecule has 0 saturated heterocycles. The van der Waals surface area contributed by atoms with E-state index in [4.69, 9.17) is 0 Å². The second-order valence-corrected chi connectivity index (χ2v) is 8.77. The summed E-state index contributed by atoms with van der Waals surface area (Å²) in [4.78, 5) is 35.0. The number of carbonyl (C=O) groups is 1. The van der Waals surface area contributed by atoms with E-state index < -0.39 is 11.7 Å². The van der Waals surface area contributed by atoms with E-state index in [1.807, 2.05) is 43.3 Å². The molecule has 0 amide bonds. The summed E-state index contributed by atoms with van der Waals surface area (Å²) in [6, 6.07) is 13.1. The number of nitrogens with one attached hydrogen (secondary N) is 1. The minimum Gasteiger partial charge on any atom is -0.308 e. The van der Waals surface area contributed by atoms with Crippen LogP contribution < -0.4 is 5.56 Å². The van der Waals surface area contributed by atoms with Crippen molar-refractivity contribution in [1.82, 2.24) is 19.7 Å². The van der Waals surface area contributed by atoms with E-state index in [0.717, 1.165) is 42.6 Å². The Labute approximate surface area is 182 Å². The number of H-pyrrole nitrogens is 1. The third kappa shape index (κ3) is 3.27. The molecule has 0 fully saturated rings. The summed E-state index contributed by atoms with van der Waals surface area (Å²) in [5.74, 6) is -1.63. The summed E-state index contributed by atoms with van der Waals surface area (Å²) < 4.78 is 1.66. The van der Waals surface area contributed by atoms with E-state index in [0.29, 0.717) is 10.2 Å². The molecule has 1 aromatic carbocycles. The molecule has 0 spiro atoms. The number of fused-ring (bicyclic) bond motifs is 3. The number of aryl methyl sites for hydroxylation is 3. The van der Waals surface area contributed by atoms with Crippen LogP contribution in [0.5, 0.6) is 0 Å². The van der Waals surface area contributed by atoms with Crippen molar-refractivity contribution in [2.75, 3.05) is 0 Å². The average molecular weight is 430 g/mol. The molecular formula is C23H19N5O2S. The quantitative estimate of drug-likeness (QED) is 0.496. The number of nitriles is 1. The number of hydrogen-bond donors (Lipinski definition) is 1. The van der Waals surface area contributed by atoms with Crippen LogP contribution in [0.2, 0.25) is 0 Å². The maximum atomic E-state index is 13.2. The minimum absolute atomic E-state index is 0.0792. The van der Waals surface area contributed by atoms with Gasteiger partial charge in [-0.1, -0.05) is 18.2 Å². The molecule has 1 aliphatic rings. The lowest BCUT2D eigenvalue weighted by Gasteiger charge is -2.10. The minimum atomic E-state index is -1.23. The van der Waals surface area contributed by atoms with Crippen molar-refractivity contribution >= 4 is 27.3 Å². The number of aromatic amines is 1. The standard InChI is InChI=1S/C23H19N5O2S/c1-13-11-17(27-28(13)14-7-3-2-4-8-14)20(29)16(12-24)21-25-22(30)19-15-9-5-6-10-18(15)31-23(19)26-21/h2-4,7-8,11,16H,5-6,9-10H2,1H3,(H,25,26,30). The zero-order valence-corrected chi connectivity index (χ0v) is 17.7. The van der Waals surface area contributed by atoms with Gasteiger partial charge in [-0.05, 0) is 56.4 Å². The number of Topliss-reactive ketones (excluding diaryl/α,β-unsaturated/α-hetero) is 1. The molecule has 1 unspecified atom stereocenters. The normalized spacial score (nSPS) is 14.2. The van der Waals surface area contributed by atoms with Crippen LogP contribution in [0.3, 0.4) is 0 Å². The van der Waals surface area contributed by atoms with Crippen LogP contribution in [0.15, 0.2) is 41.2 Å². The number of nitrogens with zero attached hydrogens (tertiary/aromatic N) is 4. The summed E-state index contributed by atoms with van der Waals surface area (Å²) in [6.45, 7) is 1.85. The van der Waals surface area contributed by atoms with Crippen molar-refractivity contribution in [1.29, 1.82) is 5.26 Å². The molecule has 0 saturated carbocycles. The largest absolute Gasteiger partial charge is 0.308 e. The molecule has 4 aromatic rings. The summed E-state index contributed by atoms with van der Waals surface area (Å²) in [5, 5.41) is 14.8. The Morgan fingerprint density at radius 1 is 1.26 bits per heavy atom. The van der Waals surface area contributed by atoms with Crippen molar-refractivity contribution in [2.24, 2.45) is 0 Å². The number of rotatable bonds is 4. The Hall–Kier alpha value is -3.57. The van der Waals surface area contributed by atoms with E-state index in [-0.39, 0.29) is 17.1 Å². The maximum Gasteiger partial charge on any atom is 0.259 e. The molecule has 1 atom stereocenters. The van der Waals surface area contributed by atoms with Gasteiger partial charge >= 0.3 is 0 Å². The van der Waals surface area contributed by atoms with Gasteiger partial charge in [0.25, 0.3) is 5.56 Å². The van der Waals surface area contributed by atoms with Crippen LogP contribution in [-0.2, 0) is 12.8 Å². The molecule has 0 bridgehead atoms. The highest BCUT2D eigenvalue weighted by molar-refractivity contribution is 7.18. The van der Waals surface area contributed by atoms with Gasteiger partial charge in [-0.15, -0.1) is 11.3 Å². The van der Waals surface area contributed by atoms with Crippen molar-refractivity contribution in [2.45, 2.75) is 38.5 Å². The average Bonchev–Trinajstić information content (AvgIpc) is 3.35. The van der Waals surface area contributed by atoms with Gasteiger partial charge in [-0.25, -0.2) is 9.67 Å². The first-order valence-corrected chi connectivity index (χ1v) is 11.0. The lowest BCUT2D eigenvalue weighted by molar-refractivity contribution is 0.0971. The number of para-hydroxylation sites is 1. The van der Waals surface area contributed by atoms with Crippen molar-refractivity contribution in [3.05, 3.63) is 74.4 Å². The number of hydrogen-bond acceptors (Lipinski definition) is 6. The molecule has 154 valence electrons. The molecule has 1 N–H and O–H groups in total. The topological polar surface area (TPSA) is 104 Å².